The Morgan fingerprint density at radius 2 is 1.38 bits per heavy atom. The Morgan fingerprint density at radius 1 is 0.905 bits per heavy atom. The lowest BCUT2D eigenvalue weighted by Crippen LogP contribution is -2.52. The molecule has 0 amide bonds. The van der Waals surface area contributed by atoms with Crippen molar-refractivity contribution in [2.24, 2.45) is 5.92 Å². The summed E-state index contributed by atoms with van der Waals surface area (Å²) >= 11 is 0. The highest BCUT2D eigenvalue weighted by Gasteiger charge is 2.39. The predicted molar refractivity (Wildman–Crippen MR) is 64.1 cm³/mol. The highest BCUT2D eigenvalue weighted by atomic mass is 17.2. The number of rotatable bonds is 7. The smallest absolute Gasteiger partial charge is 0.361 e. The maximum atomic E-state index is 11.4. The maximum absolute atomic E-state index is 11.4. The van der Waals surface area contributed by atoms with Crippen LogP contribution >= 0.6 is 0 Å². The first-order valence-corrected chi connectivity index (χ1v) is 6.03. The van der Waals surface area contributed by atoms with Gasteiger partial charge in [0.25, 0.3) is 0 Å². The van der Waals surface area contributed by atoms with Crippen molar-refractivity contribution in [3.8, 4) is 0 Å². The molecule has 0 heterocycles. The van der Waals surface area contributed by atoms with Crippen LogP contribution in [0.25, 0.3) is 0 Å². The lowest BCUT2D eigenvalue weighted by Gasteiger charge is -2.30. The third-order valence-corrected chi connectivity index (χ3v) is 2.76. The van der Waals surface area contributed by atoms with Crippen LogP contribution in [0.2, 0.25) is 0 Å². The van der Waals surface area contributed by atoms with Gasteiger partial charge in [-0.05, 0) is 6.92 Å². The molecule has 0 bridgehead atoms. The van der Waals surface area contributed by atoms with Crippen molar-refractivity contribution in [2.45, 2.75) is 44.4 Å². The Hall–Kier alpha value is -1.30. The Morgan fingerprint density at radius 3 is 1.81 bits per heavy atom. The van der Waals surface area contributed by atoms with Crippen LogP contribution in [0.4, 0.5) is 0 Å². The second-order valence-electron chi connectivity index (χ2n) is 4.48. The molecule has 6 atom stereocenters. The van der Waals surface area contributed by atoms with Crippen LogP contribution < -0.4 is 0 Å². The normalized spacial score (nSPS) is 19.8. The standard InChI is InChI=1S/C11H20O10/c1-4(11(19)21-20-5(2)13)7(15)9(17)10(18)8(16)6(14)3-12/h4,6-10,12,14-18H,3H2,1-2H3/t4?,6-,7?,8-,9-,10+/m1/s1. The van der Waals surface area contributed by atoms with Crippen molar-refractivity contribution in [3.63, 3.8) is 0 Å². The summed E-state index contributed by atoms with van der Waals surface area (Å²) in [5, 5.41) is 56.0. The van der Waals surface area contributed by atoms with Crippen LogP contribution in [0.15, 0.2) is 0 Å². The molecule has 0 saturated heterocycles. The fourth-order valence-corrected chi connectivity index (χ4v) is 1.35. The number of hydrogen-bond donors (Lipinski definition) is 6. The molecule has 10 heteroatoms. The van der Waals surface area contributed by atoms with Gasteiger partial charge in [0, 0.05) is 6.92 Å². The second-order valence-corrected chi connectivity index (χ2v) is 4.48. The van der Waals surface area contributed by atoms with E-state index < -0.39 is 55.0 Å². The molecule has 0 aliphatic carbocycles. The van der Waals surface area contributed by atoms with E-state index in [0.29, 0.717) is 0 Å². The monoisotopic (exact) mass is 312 g/mol. The van der Waals surface area contributed by atoms with E-state index in [1.165, 1.54) is 0 Å². The number of aliphatic hydroxyl groups excluding tert-OH is 6. The molecule has 0 aromatic heterocycles. The third kappa shape index (κ3) is 5.91. The first-order valence-electron chi connectivity index (χ1n) is 6.03. The topological polar surface area (TPSA) is 174 Å². The van der Waals surface area contributed by atoms with E-state index >= 15 is 0 Å². The molecular formula is C11H20O10. The Labute approximate surface area is 120 Å². The van der Waals surface area contributed by atoms with Gasteiger partial charge in [-0.15, -0.1) is 0 Å². The fraction of sp³-hybridized carbons (Fsp3) is 0.818. The zero-order valence-corrected chi connectivity index (χ0v) is 11.5. The predicted octanol–water partition coefficient (Wildman–Crippen LogP) is -3.56. The maximum Gasteiger partial charge on any atom is 0.361 e. The number of hydrogen-bond acceptors (Lipinski definition) is 10. The molecule has 10 nitrogen and oxygen atoms in total. The van der Waals surface area contributed by atoms with Crippen LogP contribution in [0, 0.1) is 5.92 Å². The van der Waals surface area contributed by atoms with Crippen molar-refractivity contribution in [2.75, 3.05) is 6.61 Å². The minimum atomic E-state index is -2.04. The molecule has 124 valence electrons. The lowest BCUT2D eigenvalue weighted by atomic mass is 9.92. The Balaban J connectivity index is 4.63. The summed E-state index contributed by atoms with van der Waals surface area (Å²) < 4.78 is 0. The SMILES string of the molecule is CC(=O)OOC(=O)C(C)C(O)[C@@H](O)[C@@H](O)[C@H](O)[C@H](O)CO. The Kier molecular flexibility index (Phi) is 8.32. The molecule has 0 radical (unpaired) electrons. The third-order valence-electron chi connectivity index (χ3n) is 2.76. The molecule has 0 saturated carbocycles. The molecule has 0 aliphatic rings. The van der Waals surface area contributed by atoms with Crippen LogP contribution in [0.3, 0.4) is 0 Å². The van der Waals surface area contributed by atoms with Gasteiger partial charge in [0.05, 0.1) is 18.6 Å². The molecule has 2 unspecified atom stereocenters. The van der Waals surface area contributed by atoms with Crippen molar-refractivity contribution < 1.29 is 50.0 Å². The number of carbonyl (C=O) groups is 2. The average Bonchev–Trinajstić information content (AvgIpc) is 2.47. The molecule has 0 spiro atoms. The van der Waals surface area contributed by atoms with Gasteiger partial charge in [0.2, 0.25) is 0 Å². The van der Waals surface area contributed by atoms with Gasteiger partial charge in [0.15, 0.2) is 0 Å². The first-order chi connectivity index (χ1) is 9.63. The van der Waals surface area contributed by atoms with E-state index in [9.17, 15) is 30.0 Å². The summed E-state index contributed by atoms with van der Waals surface area (Å²) in [6.45, 7) is 1.20. The quantitative estimate of drug-likeness (QED) is 0.204. The average molecular weight is 312 g/mol. The van der Waals surface area contributed by atoms with Gasteiger partial charge in [-0.1, -0.05) is 0 Å². The van der Waals surface area contributed by atoms with E-state index in [1.54, 1.807) is 0 Å². The number of aliphatic hydroxyl groups is 6. The van der Waals surface area contributed by atoms with Gasteiger partial charge in [-0.2, -0.15) is 0 Å². The zero-order chi connectivity index (χ0) is 16.7. The molecule has 0 fully saturated rings. The molecular weight excluding hydrogens is 292 g/mol. The highest BCUT2D eigenvalue weighted by molar-refractivity contribution is 5.74. The summed E-state index contributed by atoms with van der Waals surface area (Å²) in [6, 6.07) is 0. The lowest BCUT2D eigenvalue weighted by molar-refractivity contribution is -0.263. The minimum absolute atomic E-state index is 0.884. The molecule has 21 heavy (non-hydrogen) atoms. The van der Waals surface area contributed by atoms with E-state index in [4.69, 9.17) is 10.2 Å². The van der Waals surface area contributed by atoms with Crippen LogP contribution in [-0.2, 0) is 19.4 Å². The Bertz CT molecular complexity index is 346. The van der Waals surface area contributed by atoms with E-state index in [0.717, 1.165) is 13.8 Å². The van der Waals surface area contributed by atoms with E-state index in [-0.39, 0.29) is 0 Å². The zero-order valence-electron chi connectivity index (χ0n) is 11.5. The summed E-state index contributed by atoms with van der Waals surface area (Å²) in [4.78, 5) is 29.8. The van der Waals surface area contributed by atoms with Crippen molar-refractivity contribution >= 4 is 11.9 Å². The van der Waals surface area contributed by atoms with Crippen molar-refractivity contribution in [1.82, 2.24) is 0 Å². The first kappa shape index (κ1) is 19.7. The molecule has 0 aliphatic heterocycles. The van der Waals surface area contributed by atoms with Gasteiger partial charge >= 0.3 is 11.9 Å². The molecule has 0 rings (SSSR count). The van der Waals surface area contributed by atoms with Crippen LogP contribution in [0.1, 0.15) is 13.8 Å². The van der Waals surface area contributed by atoms with E-state index in [2.05, 4.69) is 9.78 Å². The summed E-state index contributed by atoms with van der Waals surface area (Å²) in [6.07, 6.45) is -9.64. The second kappa shape index (κ2) is 8.87. The van der Waals surface area contributed by atoms with Crippen molar-refractivity contribution in [3.05, 3.63) is 0 Å². The summed E-state index contributed by atoms with van der Waals surface area (Å²) in [5.74, 6) is -3.51. The van der Waals surface area contributed by atoms with Crippen LogP contribution in [-0.4, -0.2) is 79.7 Å². The van der Waals surface area contributed by atoms with Gasteiger partial charge < -0.3 is 30.6 Å². The van der Waals surface area contributed by atoms with Gasteiger partial charge in [-0.3, -0.25) is 0 Å². The van der Waals surface area contributed by atoms with Gasteiger partial charge in [-0.25, -0.2) is 19.4 Å². The van der Waals surface area contributed by atoms with E-state index in [1.807, 2.05) is 0 Å². The molecule has 0 aromatic carbocycles. The van der Waals surface area contributed by atoms with Gasteiger partial charge in [0.1, 0.15) is 24.4 Å². The van der Waals surface area contributed by atoms with Crippen LogP contribution in [0.5, 0.6) is 0 Å². The summed E-state index contributed by atoms with van der Waals surface area (Å²) in [7, 11) is 0. The van der Waals surface area contributed by atoms with Crippen molar-refractivity contribution in [1.29, 1.82) is 0 Å². The largest absolute Gasteiger partial charge is 0.394 e. The molecule has 6 N–H and O–H groups in total. The molecule has 0 aromatic rings. The number of carbonyl (C=O) groups excluding carboxylic acids is 2. The summed E-state index contributed by atoms with van der Waals surface area (Å²) in [5.41, 5.74) is 0. The highest BCUT2D eigenvalue weighted by Crippen LogP contribution is 2.16. The fourth-order valence-electron chi connectivity index (χ4n) is 1.35. The minimum Gasteiger partial charge on any atom is -0.394 e.